The van der Waals surface area contributed by atoms with Crippen molar-refractivity contribution in [2.24, 2.45) is 5.73 Å². The van der Waals surface area contributed by atoms with E-state index in [9.17, 15) is 4.79 Å². The molecule has 1 saturated carbocycles. The van der Waals surface area contributed by atoms with E-state index in [1.54, 1.807) is 11.9 Å². The maximum Gasteiger partial charge on any atom is 0.246 e. The third-order valence-corrected chi connectivity index (χ3v) is 3.55. The van der Waals surface area contributed by atoms with Crippen LogP contribution in [0.1, 0.15) is 18.4 Å². The van der Waals surface area contributed by atoms with E-state index in [1.165, 1.54) is 0 Å². The normalized spacial score (nSPS) is 17.0. The molecule has 0 unspecified atom stereocenters. The molecule has 1 aliphatic carbocycles. The highest BCUT2D eigenvalue weighted by Crippen LogP contribution is 2.36. The zero-order chi connectivity index (χ0) is 11.9. The van der Waals surface area contributed by atoms with Crippen molar-refractivity contribution in [3.8, 4) is 0 Å². The number of aryl methyl sites for hydroxylation is 1. The molecule has 1 fully saturated rings. The first-order valence-corrected chi connectivity index (χ1v) is 6.06. The molecule has 1 aliphatic rings. The van der Waals surface area contributed by atoms with Gasteiger partial charge in [-0.15, -0.1) is 0 Å². The van der Waals surface area contributed by atoms with E-state index in [2.05, 4.69) is 15.9 Å². The van der Waals surface area contributed by atoms with Crippen molar-refractivity contribution < 1.29 is 4.79 Å². The molecule has 86 valence electrons. The van der Waals surface area contributed by atoms with Gasteiger partial charge in [-0.1, -0.05) is 22.0 Å². The molecule has 0 heterocycles. The molecule has 16 heavy (non-hydrogen) atoms. The second-order valence-corrected chi connectivity index (χ2v) is 5.37. The number of nitrogens with two attached hydrogens (primary N) is 1. The summed E-state index contributed by atoms with van der Waals surface area (Å²) in [7, 11) is 1.78. The predicted octanol–water partition coefficient (Wildman–Crippen LogP) is 2.21. The highest BCUT2D eigenvalue weighted by Gasteiger charge is 2.47. The smallest absolute Gasteiger partial charge is 0.246 e. The van der Waals surface area contributed by atoms with Crippen molar-refractivity contribution in [3.63, 3.8) is 0 Å². The van der Waals surface area contributed by atoms with Crippen LogP contribution < -0.4 is 10.6 Å². The first-order valence-electron chi connectivity index (χ1n) is 5.27. The lowest BCUT2D eigenvalue weighted by atomic mass is 10.1. The molecule has 0 aromatic heterocycles. The van der Waals surface area contributed by atoms with Gasteiger partial charge in [0.1, 0.15) is 0 Å². The Balaban J connectivity index is 2.29. The molecule has 0 atom stereocenters. The van der Waals surface area contributed by atoms with E-state index in [0.717, 1.165) is 28.6 Å². The number of nitrogens with zero attached hydrogens (tertiary/aromatic N) is 1. The number of rotatable bonds is 2. The van der Waals surface area contributed by atoms with E-state index in [4.69, 9.17) is 5.73 Å². The van der Waals surface area contributed by atoms with E-state index >= 15 is 0 Å². The molecule has 0 spiro atoms. The number of carbonyl (C=O) groups excluding carboxylic acids is 1. The lowest BCUT2D eigenvalue weighted by Gasteiger charge is -2.23. The molecule has 1 amide bonds. The van der Waals surface area contributed by atoms with Gasteiger partial charge in [-0.3, -0.25) is 4.79 Å². The van der Waals surface area contributed by atoms with Crippen molar-refractivity contribution >= 4 is 27.5 Å². The average Bonchev–Trinajstić information content (AvgIpc) is 2.99. The van der Waals surface area contributed by atoms with Gasteiger partial charge in [-0.25, -0.2) is 0 Å². The van der Waals surface area contributed by atoms with Crippen molar-refractivity contribution in [2.45, 2.75) is 25.3 Å². The first-order chi connectivity index (χ1) is 7.44. The number of likely N-dealkylation sites (N-methyl/N-ethyl adjacent to an activating group) is 1. The SMILES string of the molecule is Cc1ccc(Br)cc1N(C)C(=O)C1(N)CC1. The molecule has 0 saturated heterocycles. The van der Waals surface area contributed by atoms with Crippen LogP contribution in [0.4, 0.5) is 5.69 Å². The predicted molar refractivity (Wildman–Crippen MR) is 68.4 cm³/mol. The van der Waals surface area contributed by atoms with Gasteiger partial charge in [-0.05, 0) is 37.5 Å². The summed E-state index contributed by atoms with van der Waals surface area (Å²) in [6.45, 7) is 1.99. The Morgan fingerprint density at radius 2 is 2.12 bits per heavy atom. The number of halogens is 1. The number of amides is 1. The molecule has 4 heteroatoms. The highest BCUT2D eigenvalue weighted by molar-refractivity contribution is 9.10. The third kappa shape index (κ3) is 1.99. The van der Waals surface area contributed by atoms with E-state index in [-0.39, 0.29) is 5.91 Å². The lowest BCUT2D eigenvalue weighted by Crippen LogP contribution is -2.44. The Bertz CT molecular complexity index is 441. The van der Waals surface area contributed by atoms with Crippen LogP contribution in [0.2, 0.25) is 0 Å². The number of benzene rings is 1. The quantitative estimate of drug-likeness (QED) is 0.904. The van der Waals surface area contributed by atoms with Gasteiger partial charge in [0.05, 0.1) is 5.54 Å². The zero-order valence-electron chi connectivity index (χ0n) is 9.46. The summed E-state index contributed by atoms with van der Waals surface area (Å²) in [6, 6.07) is 5.89. The van der Waals surface area contributed by atoms with Crippen LogP contribution >= 0.6 is 15.9 Å². The highest BCUT2D eigenvalue weighted by atomic mass is 79.9. The molecule has 2 rings (SSSR count). The van der Waals surface area contributed by atoms with Crippen LogP contribution in [0.25, 0.3) is 0 Å². The van der Waals surface area contributed by atoms with Crippen LogP contribution in [0.15, 0.2) is 22.7 Å². The molecule has 1 aromatic rings. The summed E-state index contributed by atoms with van der Waals surface area (Å²) in [5.74, 6) is 0.00806. The summed E-state index contributed by atoms with van der Waals surface area (Å²) < 4.78 is 0.967. The number of hydrogen-bond acceptors (Lipinski definition) is 2. The van der Waals surface area contributed by atoms with Gasteiger partial charge in [0.2, 0.25) is 5.91 Å². The van der Waals surface area contributed by atoms with Crippen molar-refractivity contribution in [2.75, 3.05) is 11.9 Å². The molecule has 0 radical (unpaired) electrons. The van der Waals surface area contributed by atoms with Crippen LogP contribution in [-0.2, 0) is 4.79 Å². The average molecular weight is 283 g/mol. The van der Waals surface area contributed by atoms with E-state index in [0.29, 0.717) is 0 Å². The Morgan fingerprint density at radius 3 is 2.69 bits per heavy atom. The van der Waals surface area contributed by atoms with Gasteiger partial charge in [0.25, 0.3) is 0 Å². The largest absolute Gasteiger partial charge is 0.317 e. The third-order valence-electron chi connectivity index (χ3n) is 3.05. The summed E-state index contributed by atoms with van der Waals surface area (Å²) in [5.41, 5.74) is 7.29. The van der Waals surface area contributed by atoms with E-state index in [1.807, 2.05) is 25.1 Å². The minimum absolute atomic E-state index is 0.00806. The summed E-state index contributed by atoms with van der Waals surface area (Å²) in [6.07, 6.45) is 1.59. The van der Waals surface area contributed by atoms with Gasteiger partial charge in [0, 0.05) is 17.2 Å². The minimum Gasteiger partial charge on any atom is -0.317 e. The molecular weight excluding hydrogens is 268 g/mol. The molecule has 3 nitrogen and oxygen atoms in total. The Hall–Kier alpha value is -0.870. The van der Waals surface area contributed by atoms with Crippen molar-refractivity contribution in [1.82, 2.24) is 0 Å². The maximum atomic E-state index is 12.1. The number of carbonyl (C=O) groups is 1. The second kappa shape index (κ2) is 3.86. The molecular formula is C12H15BrN2O. The Labute approximate surface area is 104 Å². The zero-order valence-corrected chi connectivity index (χ0v) is 11.0. The van der Waals surface area contributed by atoms with Crippen molar-refractivity contribution in [3.05, 3.63) is 28.2 Å². The van der Waals surface area contributed by atoms with Crippen LogP contribution in [0.3, 0.4) is 0 Å². The molecule has 1 aromatic carbocycles. The molecule has 0 aliphatic heterocycles. The van der Waals surface area contributed by atoms with Gasteiger partial charge in [-0.2, -0.15) is 0 Å². The number of anilines is 1. The molecule has 0 bridgehead atoms. The van der Waals surface area contributed by atoms with Crippen LogP contribution in [0, 0.1) is 6.92 Å². The standard InChI is InChI=1S/C12H15BrN2O/c1-8-3-4-9(13)7-10(8)15(2)11(16)12(14)5-6-12/h3-4,7H,5-6,14H2,1-2H3. The fourth-order valence-corrected chi connectivity index (χ4v) is 2.08. The van der Waals surface area contributed by atoms with Gasteiger partial charge >= 0.3 is 0 Å². The minimum atomic E-state index is -0.608. The maximum absolute atomic E-state index is 12.1. The Morgan fingerprint density at radius 1 is 1.50 bits per heavy atom. The fourth-order valence-electron chi connectivity index (χ4n) is 1.74. The summed E-state index contributed by atoms with van der Waals surface area (Å²) in [5, 5.41) is 0. The second-order valence-electron chi connectivity index (χ2n) is 4.45. The molecule has 2 N–H and O–H groups in total. The Kier molecular flexibility index (Phi) is 2.80. The van der Waals surface area contributed by atoms with Gasteiger partial charge in [0.15, 0.2) is 0 Å². The van der Waals surface area contributed by atoms with Crippen molar-refractivity contribution in [1.29, 1.82) is 0 Å². The van der Waals surface area contributed by atoms with E-state index < -0.39 is 5.54 Å². The lowest BCUT2D eigenvalue weighted by molar-refractivity contribution is -0.120. The van der Waals surface area contributed by atoms with Gasteiger partial charge < -0.3 is 10.6 Å². The fraction of sp³-hybridized carbons (Fsp3) is 0.417. The van der Waals surface area contributed by atoms with Crippen LogP contribution in [-0.4, -0.2) is 18.5 Å². The monoisotopic (exact) mass is 282 g/mol. The van der Waals surface area contributed by atoms with Crippen LogP contribution in [0.5, 0.6) is 0 Å². The first kappa shape index (κ1) is 11.6. The summed E-state index contributed by atoms with van der Waals surface area (Å²) in [4.78, 5) is 13.7. The summed E-state index contributed by atoms with van der Waals surface area (Å²) >= 11 is 3.41. The topological polar surface area (TPSA) is 46.3 Å². The number of hydrogen-bond donors (Lipinski definition) is 1.